The molecule has 0 aliphatic carbocycles. The molecule has 3 heterocycles. The molecule has 0 radical (unpaired) electrons. The lowest BCUT2D eigenvalue weighted by Crippen LogP contribution is -2.10. The third kappa shape index (κ3) is 2.44. The Hall–Kier alpha value is -3.41. The number of rotatable bonds is 4. The van der Waals surface area contributed by atoms with Gasteiger partial charge in [0.15, 0.2) is 0 Å². The quantitative estimate of drug-likeness (QED) is 0.627. The maximum absolute atomic E-state index is 11.6. The van der Waals surface area contributed by atoms with Gasteiger partial charge in [-0.05, 0) is 35.9 Å². The van der Waals surface area contributed by atoms with Crippen molar-refractivity contribution in [3.8, 4) is 5.69 Å². The van der Waals surface area contributed by atoms with Crippen molar-refractivity contribution in [2.24, 2.45) is 5.73 Å². The Morgan fingerprint density at radius 2 is 1.92 bits per heavy atom. The summed E-state index contributed by atoms with van der Waals surface area (Å²) in [5, 5.41) is 4.22. The van der Waals surface area contributed by atoms with Crippen molar-refractivity contribution in [1.29, 1.82) is 0 Å². The van der Waals surface area contributed by atoms with E-state index in [-0.39, 0.29) is 0 Å². The van der Waals surface area contributed by atoms with Crippen LogP contribution < -0.4 is 5.73 Å². The third-order valence-electron chi connectivity index (χ3n) is 3.96. The largest absolute Gasteiger partial charge is 0.365 e. The van der Waals surface area contributed by atoms with Gasteiger partial charge in [-0.1, -0.05) is 12.1 Å². The molecule has 1 amide bonds. The predicted octanol–water partition coefficient (Wildman–Crippen LogP) is 2.37. The monoisotopic (exact) mass is 317 g/mol. The molecule has 24 heavy (non-hydrogen) atoms. The van der Waals surface area contributed by atoms with Crippen LogP contribution in [0.4, 0.5) is 0 Å². The van der Waals surface area contributed by atoms with Gasteiger partial charge in [-0.3, -0.25) is 9.78 Å². The Morgan fingerprint density at radius 3 is 2.62 bits per heavy atom. The lowest BCUT2D eigenvalue weighted by molar-refractivity contribution is 0.100. The van der Waals surface area contributed by atoms with Gasteiger partial charge >= 0.3 is 0 Å². The van der Waals surface area contributed by atoms with Gasteiger partial charge in [0.25, 0.3) is 5.91 Å². The zero-order valence-corrected chi connectivity index (χ0v) is 12.8. The molecule has 0 aliphatic heterocycles. The second-order valence-electron chi connectivity index (χ2n) is 5.52. The Labute approximate surface area is 138 Å². The SMILES string of the molecule is NC(=O)c1cn(Cc2ccc(-n3cccn3)cc2)c2cccnc12. The van der Waals surface area contributed by atoms with Crippen LogP contribution in [-0.4, -0.2) is 25.2 Å². The number of amides is 1. The van der Waals surface area contributed by atoms with E-state index in [1.807, 2.05) is 57.9 Å². The fourth-order valence-electron chi connectivity index (χ4n) is 2.81. The molecular weight excluding hydrogens is 302 g/mol. The van der Waals surface area contributed by atoms with E-state index in [2.05, 4.69) is 10.1 Å². The van der Waals surface area contributed by atoms with Crippen molar-refractivity contribution < 1.29 is 4.79 Å². The Bertz CT molecular complexity index is 1000. The van der Waals surface area contributed by atoms with E-state index in [4.69, 9.17) is 5.73 Å². The smallest absolute Gasteiger partial charge is 0.252 e. The third-order valence-corrected chi connectivity index (χ3v) is 3.96. The van der Waals surface area contributed by atoms with Crippen LogP contribution in [0.15, 0.2) is 67.3 Å². The second kappa shape index (κ2) is 5.66. The molecule has 0 atom stereocenters. The van der Waals surface area contributed by atoms with Gasteiger partial charge in [0, 0.05) is 31.3 Å². The van der Waals surface area contributed by atoms with E-state index in [0.717, 1.165) is 16.8 Å². The molecule has 6 heteroatoms. The van der Waals surface area contributed by atoms with Gasteiger partial charge in [-0.25, -0.2) is 4.68 Å². The number of nitrogens with zero attached hydrogens (tertiary/aromatic N) is 4. The average molecular weight is 317 g/mol. The van der Waals surface area contributed by atoms with Crippen LogP contribution in [-0.2, 0) is 6.54 Å². The zero-order chi connectivity index (χ0) is 16.5. The molecule has 6 nitrogen and oxygen atoms in total. The van der Waals surface area contributed by atoms with Crippen LogP contribution in [0.2, 0.25) is 0 Å². The van der Waals surface area contributed by atoms with E-state index in [1.165, 1.54) is 0 Å². The summed E-state index contributed by atoms with van der Waals surface area (Å²) in [7, 11) is 0. The number of primary amides is 1. The highest BCUT2D eigenvalue weighted by Crippen LogP contribution is 2.20. The summed E-state index contributed by atoms with van der Waals surface area (Å²) in [5.74, 6) is -0.466. The zero-order valence-electron chi connectivity index (χ0n) is 12.8. The van der Waals surface area contributed by atoms with Gasteiger partial charge in [-0.15, -0.1) is 0 Å². The number of hydrogen-bond acceptors (Lipinski definition) is 3. The molecule has 0 bridgehead atoms. The molecule has 0 aliphatic rings. The Kier molecular flexibility index (Phi) is 3.35. The molecule has 0 saturated carbocycles. The van der Waals surface area contributed by atoms with Crippen LogP contribution in [0.1, 0.15) is 15.9 Å². The number of aromatic nitrogens is 4. The normalized spacial score (nSPS) is 11.0. The summed E-state index contributed by atoms with van der Waals surface area (Å²) in [4.78, 5) is 15.9. The van der Waals surface area contributed by atoms with E-state index in [1.54, 1.807) is 18.6 Å². The molecule has 3 aromatic heterocycles. The highest BCUT2D eigenvalue weighted by molar-refractivity contribution is 6.04. The summed E-state index contributed by atoms with van der Waals surface area (Å²) in [6, 6.07) is 13.8. The Balaban J connectivity index is 1.68. The van der Waals surface area contributed by atoms with Crippen LogP contribution in [0.25, 0.3) is 16.7 Å². The molecular formula is C18H15N5O. The summed E-state index contributed by atoms with van der Waals surface area (Å²) in [5.41, 5.74) is 9.54. The number of fused-ring (bicyclic) bond motifs is 1. The molecule has 0 unspecified atom stereocenters. The Morgan fingerprint density at radius 1 is 1.08 bits per heavy atom. The molecule has 1 aromatic carbocycles. The van der Waals surface area contributed by atoms with Crippen molar-refractivity contribution in [3.63, 3.8) is 0 Å². The number of nitrogens with two attached hydrogens (primary N) is 1. The van der Waals surface area contributed by atoms with Crippen LogP contribution in [0.5, 0.6) is 0 Å². The number of carbonyl (C=O) groups is 1. The fourth-order valence-corrected chi connectivity index (χ4v) is 2.81. The fraction of sp³-hybridized carbons (Fsp3) is 0.0556. The first-order chi connectivity index (χ1) is 11.7. The maximum atomic E-state index is 11.6. The minimum Gasteiger partial charge on any atom is -0.365 e. The average Bonchev–Trinajstić information content (AvgIpc) is 3.24. The van der Waals surface area contributed by atoms with Gasteiger partial charge in [-0.2, -0.15) is 5.10 Å². The first kappa shape index (κ1) is 14.2. The van der Waals surface area contributed by atoms with E-state index < -0.39 is 5.91 Å². The first-order valence-corrected chi connectivity index (χ1v) is 7.55. The lowest BCUT2D eigenvalue weighted by atomic mass is 10.2. The second-order valence-corrected chi connectivity index (χ2v) is 5.52. The van der Waals surface area contributed by atoms with E-state index >= 15 is 0 Å². The van der Waals surface area contributed by atoms with Crippen molar-refractivity contribution >= 4 is 16.9 Å². The summed E-state index contributed by atoms with van der Waals surface area (Å²) >= 11 is 0. The van der Waals surface area contributed by atoms with Crippen molar-refractivity contribution in [1.82, 2.24) is 19.3 Å². The van der Waals surface area contributed by atoms with Gasteiger partial charge < -0.3 is 10.3 Å². The minimum absolute atomic E-state index is 0.443. The molecule has 4 rings (SSSR count). The predicted molar refractivity (Wildman–Crippen MR) is 90.9 cm³/mol. The van der Waals surface area contributed by atoms with Crippen LogP contribution in [0, 0.1) is 0 Å². The number of carbonyl (C=O) groups excluding carboxylic acids is 1. The van der Waals surface area contributed by atoms with Gasteiger partial charge in [0.05, 0.1) is 16.8 Å². The minimum atomic E-state index is -0.466. The van der Waals surface area contributed by atoms with Crippen molar-refractivity contribution in [2.75, 3.05) is 0 Å². The van der Waals surface area contributed by atoms with E-state index in [0.29, 0.717) is 17.6 Å². The number of hydrogen-bond donors (Lipinski definition) is 1. The molecule has 2 N–H and O–H groups in total. The summed E-state index contributed by atoms with van der Waals surface area (Å²) < 4.78 is 3.80. The lowest BCUT2D eigenvalue weighted by Gasteiger charge is -2.07. The van der Waals surface area contributed by atoms with Crippen LogP contribution in [0.3, 0.4) is 0 Å². The number of benzene rings is 1. The van der Waals surface area contributed by atoms with Crippen LogP contribution >= 0.6 is 0 Å². The maximum Gasteiger partial charge on any atom is 0.252 e. The standard InChI is InChI=1S/C18H15N5O/c19-18(24)15-12-22(16-3-1-8-20-17(15)16)11-13-4-6-14(7-5-13)23-10-2-9-21-23/h1-10,12H,11H2,(H2,19,24). The topological polar surface area (TPSA) is 78.7 Å². The highest BCUT2D eigenvalue weighted by Gasteiger charge is 2.13. The summed E-state index contributed by atoms with van der Waals surface area (Å²) in [6.07, 6.45) is 7.08. The number of pyridine rings is 1. The molecule has 4 aromatic rings. The highest BCUT2D eigenvalue weighted by atomic mass is 16.1. The van der Waals surface area contributed by atoms with Crippen molar-refractivity contribution in [2.45, 2.75) is 6.54 Å². The molecule has 118 valence electrons. The van der Waals surface area contributed by atoms with Gasteiger partial charge in [0.1, 0.15) is 5.52 Å². The molecule has 0 saturated heterocycles. The van der Waals surface area contributed by atoms with E-state index in [9.17, 15) is 4.79 Å². The summed E-state index contributed by atoms with van der Waals surface area (Å²) in [6.45, 7) is 0.634. The van der Waals surface area contributed by atoms with Gasteiger partial charge in [0.2, 0.25) is 0 Å². The van der Waals surface area contributed by atoms with Crippen molar-refractivity contribution in [3.05, 3.63) is 78.4 Å². The molecule has 0 spiro atoms. The molecule has 0 fully saturated rings. The first-order valence-electron chi connectivity index (χ1n) is 7.55.